The summed E-state index contributed by atoms with van der Waals surface area (Å²) in [5.41, 5.74) is 0. The van der Waals surface area contributed by atoms with Crippen LogP contribution in [0.3, 0.4) is 0 Å². The third-order valence-electron chi connectivity index (χ3n) is 2.18. The predicted molar refractivity (Wildman–Crippen MR) is 68.7 cm³/mol. The Balaban J connectivity index is 2.27. The minimum Gasteiger partial charge on any atom is -0.308 e. The van der Waals surface area contributed by atoms with Crippen LogP contribution >= 0.6 is 22.9 Å². The second-order valence-corrected chi connectivity index (χ2v) is 4.77. The summed E-state index contributed by atoms with van der Waals surface area (Å²) in [6.45, 7) is 5.28. The summed E-state index contributed by atoms with van der Waals surface area (Å²) in [4.78, 5) is 1.19. The molecule has 1 aromatic carbocycles. The maximum absolute atomic E-state index is 6.28. The first kappa shape index (κ1) is 10.7. The van der Waals surface area contributed by atoms with E-state index in [0.717, 1.165) is 23.5 Å². The Morgan fingerprint density at radius 3 is 2.93 bits per heavy atom. The number of hydrogen-bond donors (Lipinski definition) is 1. The molecule has 1 heterocycles. The van der Waals surface area contributed by atoms with Gasteiger partial charge in [0.15, 0.2) is 0 Å². The van der Waals surface area contributed by atoms with Crippen molar-refractivity contribution in [1.82, 2.24) is 5.32 Å². The Morgan fingerprint density at radius 2 is 2.20 bits per heavy atom. The minimum atomic E-state index is 0.810. The Morgan fingerprint density at radius 1 is 1.40 bits per heavy atom. The lowest BCUT2D eigenvalue weighted by molar-refractivity contribution is 0.771. The van der Waals surface area contributed by atoms with E-state index in [0.29, 0.717) is 0 Å². The molecule has 0 aliphatic rings. The van der Waals surface area contributed by atoms with Gasteiger partial charge in [-0.3, -0.25) is 0 Å². The lowest BCUT2D eigenvalue weighted by atomic mass is 10.2. The van der Waals surface area contributed by atoms with Crippen molar-refractivity contribution in [3.05, 3.63) is 46.8 Å². The van der Waals surface area contributed by atoms with Crippen molar-refractivity contribution in [2.75, 3.05) is 6.54 Å². The standard InChI is InChI=1S/C12H12ClNS/c1-2-7-14-8-11-12(13)9-5-3-4-6-10(9)15-11/h2-6,14H,1,7-8H2. The third-order valence-corrected chi connectivity index (χ3v) is 3.89. The number of hydrogen-bond acceptors (Lipinski definition) is 2. The van der Waals surface area contributed by atoms with Gasteiger partial charge in [0.25, 0.3) is 0 Å². The molecule has 0 saturated heterocycles. The summed E-state index contributed by atoms with van der Waals surface area (Å²) < 4.78 is 1.25. The van der Waals surface area contributed by atoms with Crippen LogP contribution in [0.4, 0.5) is 0 Å². The monoisotopic (exact) mass is 237 g/mol. The fourth-order valence-electron chi connectivity index (χ4n) is 1.47. The van der Waals surface area contributed by atoms with Gasteiger partial charge < -0.3 is 5.32 Å². The van der Waals surface area contributed by atoms with Gasteiger partial charge >= 0.3 is 0 Å². The Kier molecular flexibility index (Phi) is 3.41. The summed E-state index contributed by atoms with van der Waals surface area (Å²) in [6, 6.07) is 8.21. The molecule has 0 fully saturated rings. The highest BCUT2D eigenvalue weighted by atomic mass is 35.5. The molecular weight excluding hydrogens is 226 g/mol. The van der Waals surface area contributed by atoms with Gasteiger partial charge in [-0.2, -0.15) is 0 Å². The second-order valence-electron chi connectivity index (χ2n) is 3.25. The molecule has 78 valence electrons. The summed E-state index contributed by atoms with van der Waals surface area (Å²) in [6.07, 6.45) is 1.85. The third kappa shape index (κ3) is 2.23. The maximum atomic E-state index is 6.28. The highest BCUT2D eigenvalue weighted by Crippen LogP contribution is 2.34. The SMILES string of the molecule is C=CCNCc1sc2ccccc2c1Cl. The molecule has 0 radical (unpaired) electrons. The fourth-order valence-corrected chi connectivity index (χ4v) is 2.94. The van der Waals surface area contributed by atoms with E-state index < -0.39 is 0 Å². The number of thiophene rings is 1. The first-order chi connectivity index (χ1) is 7.33. The quantitative estimate of drug-likeness (QED) is 0.630. The predicted octanol–water partition coefficient (Wildman–Crippen LogP) is 3.83. The largest absolute Gasteiger partial charge is 0.308 e. The van der Waals surface area contributed by atoms with Crippen LogP contribution in [0, 0.1) is 0 Å². The van der Waals surface area contributed by atoms with Crippen molar-refractivity contribution in [3.8, 4) is 0 Å². The zero-order chi connectivity index (χ0) is 10.7. The molecule has 1 N–H and O–H groups in total. The van der Waals surface area contributed by atoms with Crippen molar-refractivity contribution in [3.63, 3.8) is 0 Å². The van der Waals surface area contributed by atoms with E-state index in [1.165, 1.54) is 9.58 Å². The molecule has 1 nitrogen and oxygen atoms in total. The van der Waals surface area contributed by atoms with Crippen molar-refractivity contribution in [2.45, 2.75) is 6.54 Å². The molecule has 3 heteroatoms. The van der Waals surface area contributed by atoms with Gasteiger partial charge in [-0.05, 0) is 6.07 Å². The number of nitrogens with one attached hydrogen (secondary N) is 1. The molecule has 0 unspecified atom stereocenters. The molecule has 1 aromatic heterocycles. The summed E-state index contributed by atoms with van der Waals surface area (Å²) in [5.74, 6) is 0. The Labute approximate surface area is 98.4 Å². The van der Waals surface area contributed by atoms with Gasteiger partial charge in [-0.15, -0.1) is 17.9 Å². The zero-order valence-corrected chi connectivity index (χ0v) is 9.87. The highest BCUT2D eigenvalue weighted by Gasteiger charge is 2.08. The Bertz CT molecular complexity index is 475. The van der Waals surface area contributed by atoms with Gasteiger partial charge in [-0.1, -0.05) is 35.9 Å². The van der Waals surface area contributed by atoms with Crippen molar-refractivity contribution >= 4 is 33.0 Å². The molecule has 0 saturated carbocycles. The lowest BCUT2D eigenvalue weighted by Gasteiger charge is -1.98. The minimum absolute atomic E-state index is 0.810. The van der Waals surface area contributed by atoms with Crippen LogP contribution in [0.1, 0.15) is 4.88 Å². The van der Waals surface area contributed by atoms with E-state index in [2.05, 4.69) is 24.0 Å². The maximum Gasteiger partial charge on any atom is 0.0636 e. The molecule has 0 amide bonds. The van der Waals surface area contributed by atoms with Gasteiger partial charge in [0, 0.05) is 28.1 Å². The molecule has 0 aliphatic carbocycles. The molecular formula is C12H12ClNS. The van der Waals surface area contributed by atoms with Gasteiger partial charge in [0.1, 0.15) is 0 Å². The van der Waals surface area contributed by atoms with Crippen molar-refractivity contribution in [1.29, 1.82) is 0 Å². The van der Waals surface area contributed by atoms with E-state index >= 15 is 0 Å². The van der Waals surface area contributed by atoms with E-state index in [9.17, 15) is 0 Å². The molecule has 2 aromatic rings. The lowest BCUT2D eigenvalue weighted by Crippen LogP contribution is -2.11. The molecule has 0 atom stereocenters. The average Bonchev–Trinajstić information content (AvgIpc) is 2.57. The first-order valence-corrected chi connectivity index (χ1v) is 6.00. The van der Waals surface area contributed by atoms with E-state index in [-0.39, 0.29) is 0 Å². The fraction of sp³-hybridized carbons (Fsp3) is 0.167. The number of fused-ring (bicyclic) bond motifs is 1. The van der Waals surface area contributed by atoms with Crippen LogP contribution < -0.4 is 5.32 Å². The van der Waals surface area contributed by atoms with Crippen LogP contribution in [0.5, 0.6) is 0 Å². The van der Waals surface area contributed by atoms with E-state index in [4.69, 9.17) is 11.6 Å². The zero-order valence-electron chi connectivity index (χ0n) is 8.29. The average molecular weight is 238 g/mol. The Hall–Kier alpha value is -0.830. The summed E-state index contributed by atoms with van der Waals surface area (Å²) in [7, 11) is 0. The molecule has 0 bridgehead atoms. The van der Waals surface area contributed by atoms with Crippen molar-refractivity contribution in [2.24, 2.45) is 0 Å². The van der Waals surface area contributed by atoms with Gasteiger partial charge in [0.2, 0.25) is 0 Å². The summed E-state index contributed by atoms with van der Waals surface area (Å²) in [5, 5.41) is 5.30. The first-order valence-electron chi connectivity index (χ1n) is 4.80. The van der Waals surface area contributed by atoms with Gasteiger partial charge in [0.05, 0.1) is 5.02 Å². The molecule has 2 rings (SSSR count). The number of halogens is 1. The van der Waals surface area contributed by atoms with Crippen LogP contribution in [0.2, 0.25) is 5.02 Å². The molecule has 15 heavy (non-hydrogen) atoms. The molecule has 0 aliphatic heterocycles. The number of rotatable bonds is 4. The summed E-state index contributed by atoms with van der Waals surface area (Å²) >= 11 is 8.03. The van der Waals surface area contributed by atoms with E-state index in [1.54, 1.807) is 11.3 Å². The topological polar surface area (TPSA) is 12.0 Å². The van der Waals surface area contributed by atoms with Crippen molar-refractivity contribution < 1.29 is 0 Å². The smallest absolute Gasteiger partial charge is 0.0636 e. The van der Waals surface area contributed by atoms with Crippen LogP contribution in [0.15, 0.2) is 36.9 Å². The number of benzene rings is 1. The van der Waals surface area contributed by atoms with Crippen LogP contribution in [-0.2, 0) is 6.54 Å². The van der Waals surface area contributed by atoms with E-state index in [1.807, 2.05) is 18.2 Å². The second kappa shape index (κ2) is 4.79. The molecule has 0 spiro atoms. The van der Waals surface area contributed by atoms with Crippen LogP contribution in [-0.4, -0.2) is 6.54 Å². The van der Waals surface area contributed by atoms with Gasteiger partial charge in [-0.25, -0.2) is 0 Å². The highest BCUT2D eigenvalue weighted by molar-refractivity contribution is 7.19. The normalized spacial score (nSPS) is 10.7. The van der Waals surface area contributed by atoms with Crippen LogP contribution in [0.25, 0.3) is 10.1 Å².